The van der Waals surface area contributed by atoms with Crippen molar-refractivity contribution in [2.75, 3.05) is 20.8 Å². The Balaban J connectivity index is 1.72. The van der Waals surface area contributed by atoms with Gasteiger partial charge in [0.25, 0.3) is 5.91 Å². The summed E-state index contributed by atoms with van der Waals surface area (Å²) in [6, 6.07) is 14.6. The summed E-state index contributed by atoms with van der Waals surface area (Å²) in [7, 11) is -0.930. The molecule has 10 heteroatoms. The number of rotatable bonds is 8. The van der Waals surface area contributed by atoms with Crippen molar-refractivity contribution in [3.8, 4) is 11.5 Å². The second kappa shape index (κ2) is 10.8. The molecule has 1 aliphatic heterocycles. The molecule has 0 spiro atoms. The molecule has 0 unspecified atom stereocenters. The minimum absolute atomic E-state index is 0.0631. The molecule has 2 N–H and O–H groups in total. The van der Waals surface area contributed by atoms with Crippen molar-refractivity contribution < 1.29 is 27.9 Å². The summed E-state index contributed by atoms with van der Waals surface area (Å²) in [4.78, 5) is 14.2. The third kappa shape index (κ3) is 5.20. The molecule has 0 saturated heterocycles. The lowest BCUT2D eigenvalue weighted by Crippen LogP contribution is -2.51. The van der Waals surface area contributed by atoms with Crippen LogP contribution in [0.1, 0.15) is 28.3 Å². The van der Waals surface area contributed by atoms with Gasteiger partial charge in [0.05, 0.1) is 19.1 Å². The Kier molecular flexibility index (Phi) is 7.75. The summed E-state index contributed by atoms with van der Waals surface area (Å²) in [5.74, 6) is 0.0866. The van der Waals surface area contributed by atoms with Crippen LogP contribution in [-0.2, 0) is 27.7 Å². The Bertz CT molecular complexity index is 1260. The van der Waals surface area contributed by atoms with Gasteiger partial charge in [0.15, 0.2) is 0 Å². The molecule has 1 aliphatic rings. The van der Waals surface area contributed by atoms with Gasteiger partial charge in [0, 0.05) is 17.3 Å². The van der Waals surface area contributed by atoms with Crippen molar-refractivity contribution in [1.29, 1.82) is 0 Å². The Labute approximate surface area is 209 Å². The number of hydrogen-bond acceptors (Lipinski definition) is 7. The maximum absolute atomic E-state index is 13.7. The molecule has 186 valence electrons. The lowest BCUT2D eigenvalue weighted by Gasteiger charge is -2.33. The molecule has 0 radical (unpaired) electrons. The minimum Gasteiger partial charge on any atom is -0.497 e. The highest BCUT2D eigenvalue weighted by atomic mass is 32.2. The van der Waals surface area contributed by atoms with Gasteiger partial charge in [-0.2, -0.15) is 4.31 Å². The highest BCUT2D eigenvalue weighted by Gasteiger charge is 2.44. The quantitative estimate of drug-likeness (QED) is 0.350. The largest absolute Gasteiger partial charge is 0.497 e. The van der Waals surface area contributed by atoms with E-state index in [4.69, 9.17) is 9.47 Å². The number of benzene rings is 2. The van der Waals surface area contributed by atoms with Gasteiger partial charge in [-0.15, -0.1) is 11.3 Å². The number of nitrogens with one attached hydrogen (secondary N) is 1. The van der Waals surface area contributed by atoms with Crippen LogP contribution >= 0.6 is 11.3 Å². The maximum Gasteiger partial charge on any atom is 0.262 e. The standard InChI is InChI=1S/C25H28N2O6S2/c1-32-18-6-3-17(4-7-18)5-12-22-21-14-16-34-23(21)13-15-27(24(22)25(28)26-29)35(30,31)20-10-8-19(33-2)9-11-20/h3-4,6-11,14,16,22,24,29H,5,12-13,15H2,1-2H3,(H,26,28)/t22-,24-/m1/s1. The van der Waals surface area contributed by atoms with Crippen molar-refractivity contribution in [3.63, 3.8) is 0 Å². The molecule has 4 rings (SSSR count). The average Bonchev–Trinajstić information content (AvgIpc) is 3.29. The number of thiophene rings is 1. The van der Waals surface area contributed by atoms with Crippen molar-refractivity contribution in [3.05, 3.63) is 76.0 Å². The molecule has 35 heavy (non-hydrogen) atoms. The van der Waals surface area contributed by atoms with Gasteiger partial charge in [-0.1, -0.05) is 12.1 Å². The number of fused-ring (bicyclic) bond motifs is 1. The molecule has 0 fully saturated rings. The maximum atomic E-state index is 13.7. The molecule has 2 atom stereocenters. The minimum atomic E-state index is -4.04. The highest BCUT2D eigenvalue weighted by Crippen LogP contribution is 2.39. The van der Waals surface area contributed by atoms with E-state index in [-0.39, 0.29) is 11.4 Å². The van der Waals surface area contributed by atoms with Gasteiger partial charge < -0.3 is 9.47 Å². The number of sulfonamides is 1. The molecule has 8 nitrogen and oxygen atoms in total. The predicted molar refractivity (Wildman–Crippen MR) is 133 cm³/mol. The van der Waals surface area contributed by atoms with E-state index in [9.17, 15) is 18.4 Å². The number of nitrogens with zero attached hydrogens (tertiary/aromatic N) is 1. The zero-order valence-corrected chi connectivity index (χ0v) is 21.1. The third-order valence-electron chi connectivity index (χ3n) is 6.38. The van der Waals surface area contributed by atoms with Crippen LogP contribution in [0, 0.1) is 0 Å². The molecule has 3 aromatic rings. The zero-order valence-electron chi connectivity index (χ0n) is 19.5. The number of aryl methyl sites for hydroxylation is 1. The summed E-state index contributed by atoms with van der Waals surface area (Å²) < 4.78 is 39.1. The van der Waals surface area contributed by atoms with Gasteiger partial charge in [-0.05, 0) is 78.2 Å². The topological polar surface area (TPSA) is 105 Å². The Morgan fingerprint density at radius 1 is 1.06 bits per heavy atom. The first-order valence-electron chi connectivity index (χ1n) is 11.2. The zero-order chi connectivity index (χ0) is 25.0. The predicted octanol–water partition coefficient (Wildman–Crippen LogP) is 3.60. The number of ether oxygens (including phenoxy) is 2. The summed E-state index contributed by atoms with van der Waals surface area (Å²) >= 11 is 1.56. The molecule has 1 amide bonds. The molecule has 0 saturated carbocycles. The van der Waals surface area contributed by atoms with E-state index >= 15 is 0 Å². The molecule has 2 heterocycles. The molecular weight excluding hydrogens is 488 g/mol. The summed E-state index contributed by atoms with van der Waals surface area (Å²) in [5, 5.41) is 11.6. The number of methoxy groups -OCH3 is 2. The fraction of sp³-hybridized carbons (Fsp3) is 0.320. The second-order valence-corrected chi connectivity index (χ2v) is 11.1. The number of hydrogen-bond donors (Lipinski definition) is 2. The van der Waals surface area contributed by atoms with Crippen LogP contribution in [0.2, 0.25) is 0 Å². The SMILES string of the molecule is COc1ccc(CC[C@@H]2c3ccsc3CCN(S(=O)(=O)c3ccc(OC)cc3)[C@H]2C(=O)NO)cc1. The van der Waals surface area contributed by atoms with Crippen molar-refractivity contribution in [1.82, 2.24) is 9.79 Å². The summed E-state index contributed by atoms with van der Waals surface area (Å²) in [5.41, 5.74) is 3.71. The lowest BCUT2D eigenvalue weighted by atomic mass is 9.86. The molecule has 1 aromatic heterocycles. The Morgan fingerprint density at radius 2 is 1.69 bits per heavy atom. The van der Waals surface area contributed by atoms with Gasteiger partial charge in [-0.25, -0.2) is 13.9 Å². The first-order chi connectivity index (χ1) is 16.9. The van der Waals surface area contributed by atoms with E-state index < -0.39 is 27.9 Å². The number of carbonyl (C=O) groups excluding carboxylic acids is 1. The smallest absolute Gasteiger partial charge is 0.262 e. The van der Waals surface area contributed by atoms with E-state index in [1.54, 1.807) is 36.1 Å². The van der Waals surface area contributed by atoms with E-state index in [0.29, 0.717) is 25.0 Å². The molecule has 0 aliphatic carbocycles. The Morgan fingerprint density at radius 3 is 2.29 bits per heavy atom. The van der Waals surface area contributed by atoms with Crippen LogP contribution < -0.4 is 15.0 Å². The fourth-order valence-electron chi connectivity index (χ4n) is 4.57. The first-order valence-corrected chi connectivity index (χ1v) is 13.5. The van der Waals surface area contributed by atoms with Crippen LogP contribution in [0.4, 0.5) is 0 Å². The van der Waals surface area contributed by atoms with Gasteiger partial charge in [0.2, 0.25) is 10.0 Å². The summed E-state index contributed by atoms with van der Waals surface area (Å²) in [6.45, 7) is 0.124. The normalized spacial score (nSPS) is 18.4. The monoisotopic (exact) mass is 516 g/mol. The van der Waals surface area contributed by atoms with E-state index in [1.807, 2.05) is 35.7 Å². The number of hydroxylamine groups is 1. The van der Waals surface area contributed by atoms with Gasteiger partial charge in [-0.3, -0.25) is 10.0 Å². The molecule has 2 aromatic carbocycles. The molecular formula is C25H28N2O6S2. The van der Waals surface area contributed by atoms with Crippen LogP contribution in [-0.4, -0.2) is 50.6 Å². The van der Waals surface area contributed by atoms with Crippen LogP contribution in [0.5, 0.6) is 11.5 Å². The number of carbonyl (C=O) groups is 1. The van der Waals surface area contributed by atoms with Crippen LogP contribution in [0.3, 0.4) is 0 Å². The fourth-order valence-corrected chi connectivity index (χ4v) is 7.13. The van der Waals surface area contributed by atoms with Crippen molar-refractivity contribution >= 4 is 27.3 Å². The average molecular weight is 517 g/mol. The second-order valence-electron chi connectivity index (χ2n) is 8.25. The highest BCUT2D eigenvalue weighted by molar-refractivity contribution is 7.89. The van der Waals surface area contributed by atoms with Crippen molar-refractivity contribution in [2.24, 2.45) is 0 Å². The van der Waals surface area contributed by atoms with Crippen LogP contribution in [0.25, 0.3) is 0 Å². The lowest BCUT2D eigenvalue weighted by molar-refractivity contribution is -0.134. The summed E-state index contributed by atoms with van der Waals surface area (Å²) in [6.07, 6.45) is 1.62. The van der Waals surface area contributed by atoms with E-state index in [0.717, 1.165) is 21.8 Å². The van der Waals surface area contributed by atoms with Crippen LogP contribution in [0.15, 0.2) is 64.9 Å². The Hall–Kier alpha value is -2.92. The van der Waals surface area contributed by atoms with Gasteiger partial charge in [0.1, 0.15) is 17.5 Å². The van der Waals surface area contributed by atoms with Crippen molar-refractivity contribution in [2.45, 2.75) is 36.1 Å². The third-order valence-corrected chi connectivity index (χ3v) is 9.27. The van der Waals surface area contributed by atoms with E-state index in [1.165, 1.54) is 23.5 Å². The molecule has 0 bridgehead atoms. The number of amides is 1. The first kappa shape index (κ1) is 25.2. The van der Waals surface area contributed by atoms with Gasteiger partial charge >= 0.3 is 0 Å². The van der Waals surface area contributed by atoms with E-state index in [2.05, 4.69) is 0 Å².